The highest BCUT2D eigenvalue weighted by molar-refractivity contribution is 7.14. The highest BCUT2D eigenvalue weighted by atomic mass is 32.1. The zero-order valence-electron chi connectivity index (χ0n) is 10.9. The van der Waals surface area contributed by atoms with Gasteiger partial charge in [-0.1, -0.05) is 24.3 Å². The molecule has 2 heterocycles. The van der Waals surface area contributed by atoms with E-state index in [-0.39, 0.29) is 0 Å². The van der Waals surface area contributed by atoms with Crippen molar-refractivity contribution in [3.8, 4) is 10.6 Å². The number of thiazole rings is 1. The fraction of sp³-hybridized carbons (Fsp3) is 0.188. The van der Waals surface area contributed by atoms with Crippen LogP contribution in [0.2, 0.25) is 0 Å². The van der Waals surface area contributed by atoms with Crippen molar-refractivity contribution in [2.75, 3.05) is 0 Å². The maximum Gasteiger partial charge on any atom is 0.190 e. The molecule has 20 heavy (non-hydrogen) atoms. The van der Waals surface area contributed by atoms with Crippen LogP contribution in [0, 0.1) is 0 Å². The average Bonchev–Trinajstić information content (AvgIpc) is 3.01. The molecule has 1 aliphatic rings. The van der Waals surface area contributed by atoms with Gasteiger partial charge >= 0.3 is 0 Å². The van der Waals surface area contributed by atoms with E-state index < -0.39 is 0 Å². The normalized spacial score (nSPS) is 15.7. The maximum absolute atomic E-state index is 4.82. The Balaban J connectivity index is 1.87. The molecule has 0 aliphatic heterocycles. The fourth-order valence-electron chi connectivity index (χ4n) is 2.31. The summed E-state index contributed by atoms with van der Waals surface area (Å²) in [5.41, 5.74) is 2.35. The number of benzene rings is 1. The summed E-state index contributed by atoms with van der Waals surface area (Å²) in [5, 5.41) is 4.38. The quantitative estimate of drug-likeness (QED) is 0.658. The second-order valence-corrected chi connectivity index (χ2v) is 6.71. The van der Waals surface area contributed by atoms with Crippen LogP contribution < -0.4 is 4.80 Å². The first kappa shape index (κ1) is 12.1. The van der Waals surface area contributed by atoms with Crippen molar-refractivity contribution in [3.05, 3.63) is 58.0 Å². The van der Waals surface area contributed by atoms with Crippen molar-refractivity contribution >= 4 is 28.4 Å². The van der Waals surface area contributed by atoms with Crippen LogP contribution in [0.15, 0.2) is 58.2 Å². The van der Waals surface area contributed by atoms with E-state index >= 15 is 0 Å². The molecule has 1 aliphatic carbocycles. The molecule has 0 radical (unpaired) electrons. The first-order chi connectivity index (χ1) is 9.92. The van der Waals surface area contributed by atoms with Gasteiger partial charge in [-0.05, 0) is 36.4 Å². The summed E-state index contributed by atoms with van der Waals surface area (Å²) >= 11 is 3.54. The highest BCUT2D eigenvalue weighted by Gasteiger charge is 2.27. The molecule has 0 saturated heterocycles. The molecule has 3 aromatic rings. The molecule has 0 N–H and O–H groups in total. The van der Waals surface area contributed by atoms with E-state index in [9.17, 15) is 0 Å². The standard InChI is InChI=1S/C16H14N2S2/c1-2-5-12(6-3-1)17-16-18(13-8-9-13)14(11-20-16)15-7-4-10-19-15/h1-7,10-11,13H,8-9H2. The Morgan fingerprint density at radius 1 is 1.00 bits per heavy atom. The predicted molar refractivity (Wildman–Crippen MR) is 85.6 cm³/mol. The zero-order chi connectivity index (χ0) is 13.4. The SMILES string of the molecule is c1ccc(N=c2scc(-c3cccs3)n2C2CC2)cc1. The summed E-state index contributed by atoms with van der Waals surface area (Å²) in [6, 6.07) is 15.2. The Morgan fingerprint density at radius 3 is 2.55 bits per heavy atom. The number of thiophene rings is 1. The lowest BCUT2D eigenvalue weighted by molar-refractivity contribution is 0.726. The Bertz CT molecular complexity index is 762. The van der Waals surface area contributed by atoms with Gasteiger partial charge in [0.05, 0.1) is 16.3 Å². The van der Waals surface area contributed by atoms with E-state index in [1.165, 1.54) is 23.4 Å². The van der Waals surface area contributed by atoms with Crippen LogP contribution >= 0.6 is 22.7 Å². The number of aromatic nitrogens is 1. The molecular weight excluding hydrogens is 284 g/mol. The monoisotopic (exact) mass is 298 g/mol. The maximum atomic E-state index is 4.82. The van der Waals surface area contributed by atoms with E-state index in [1.54, 1.807) is 22.7 Å². The van der Waals surface area contributed by atoms with E-state index in [0.29, 0.717) is 6.04 Å². The summed E-state index contributed by atoms with van der Waals surface area (Å²) in [7, 11) is 0. The molecule has 0 unspecified atom stereocenters. The minimum atomic E-state index is 0.640. The van der Waals surface area contributed by atoms with Gasteiger partial charge < -0.3 is 4.57 Å². The smallest absolute Gasteiger partial charge is 0.190 e. The van der Waals surface area contributed by atoms with Crippen LogP contribution in [0.3, 0.4) is 0 Å². The van der Waals surface area contributed by atoms with Crippen LogP contribution in [-0.4, -0.2) is 4.57 Å². The largest absolute Gasteiger partial charge is 0.313 e. The van der Waals surface area contributed by atoms with Crippen molar-refractivity contribution in [1.82, 2.24) is 4.57 Å². The first-order valence-corrected chi connectivity index (χ1v) is 8.51. The topological polar surface area (TPSA) is 17.3 Å². The molecule has 0 amide bonds. The Hall–Kier alpha value is -1.65. The van der Waals surface area contributed by atoms with Crippen molar-refractivity contribution in [3.63, 3.8) is 0 Å². The predicted octanol–water partition coefficient (Wildman–Crippen LogP) is 4.85. The molecule has 0 atom stereocenters. The molecule has 1 fully saturated rings. The molecule has 4 heteroatoms. The van der Waals surface area contributed by atoms with Gasteiger partial charge in [0.25, 0.3) is 0 Å². The molecule has 100 valence electrons. The molecular formula is C16H14N2S2. The van der Waals surface area contributed by atoms with Crippen LogP contribution in [0.4, 0.5) is 5.69 Å². The Kier molecular flexibility index (Phi) is 3.05. The average molecular weight is 298 g/mol. The number of nitrogens with zero attached hydrogens (tertiary/aromatic N) is 2. The van der Waals surface area contributed by atoms with Crippen molar-refractivity contribution in [2.45, 2.75) is 18.9 Å². The third-order valence-electron chi connectivity index (χ3n) is 3.41. The lowest BCUT2D eigenvalue weighted by Crippen LogP contribution is -2.13. The van der Waals surface area contributed by atoms with Gasteiger partial charge in [-0.25, -0.2) is 4.99 Å². The van der Waals surface area contributed by atoms with Gasteiger partial charge in [-0.3, -0.25) is 0 Å². The molecule has 0 spiro atoms. The fourth-order valence-corrected chi connectivity index (χ4v) is 4.10. The second-order valence-electron chi connectivity index (χ2n) is 4.93. The van der Waals surface area contributed by atoms with Crippen LogP contribution in [-0.2, 0) is 0 Å². The van der Waals surface area contributed by atoms with Gasteiger partial charge in [0, 0.05) is 11.4 Å². The minimum Gasteiger partial charge on any atom is -0.313 e. The highest BCUT2D eigenvalue weighted by Crippen LogP contribution is 2.39. The lowest BCUT2D eigenvalue weighted by Gasteiger charge is -2.05. The van der Waals surface area contributed by atoms with Crippen LogP contribution in [0.1, 0.15) is 18.9 Å². The van der Waals surface area contributed by atoms with E-state index in [0.717, 1.165) is 10.5 Å². The molecule has 1 saturated carbocycles. The number of hydrogen-bond acceptors (Lipinski definition) is 3. The Morgan fingerprint density at radius 2 is 1.85 bits per heavy atom. The van der Waals surface area contributed by atoms with Crippen LogP contribution in [0.5, 0.6) is 0 Å². The lowest BCUT2D eigenvalue weighted by atomic mass is 10.3. The van der Waals surface area contributed by atoms with Gasteiger partial charge in [-0.2, -0.15) is 0 Å². The van der Waals surface area contributed by atoms with Crippen LogP contribution in [0.25, 0.3) is 10.6 Å². The van der Waals surface area contributed by atoms with Crippen molar-refractivity contribution in [1.29, 1.82) is 0 Å². The van der Waals surface area contributed by atoms with Gasteiger partial charge in [0.2, 0.25) is 0 Å². The van der Waals surface area contributed by atoms with Gasteiger partial charge in [0.1, 0.15) is 0 Å². The molecule has 0 bridgehead atoms. The van der Waals surface area contributed by atoms with Crippen molar-refractivity contribution in [2.24, 2.45) is 4.99 Å². The Labute approximate surface area is 125 Å². The molecule has 2 aromatic heterocycles. The van der Waals surface area contributed by atoms with E-state index in [4.69, 9.17) is 4.99 Å². The number of rotatable bonds is 3. The summed E-state index contributed by atoms with van der Waals surface area (Å²) in [4.78, 5) is 7.27. The summed E-state index contributed by atoms with van der Waals surface area (Å²) in [5.74, 6) is 0. The summed E-state index contributed by atoms with van der Waals surface area (Å²) in [6.07, 6.45) is 2.55. The molecule has 4 rings (SSSR count). The summed E-state index contributed by atoms with van der Waals surface area (Å²) in [6.45, 7) is 0. The molecule has 1 aromatic carbocycles. The van der Waals surface area contributed by atoms with Crippen molar-refractivity contribution < 1.29 is 0 Å². The van der Waals surface area contributed by atoms with E-state index in [2.05, 4.69) is 39.6 Å². The molecule has 2 nitrogen and oxygen atoms in total. The zero-order valence-corrected chi connectivity index (χ0v) is 12.5. The van der Waals surface area contributed by atoms with E-state index in [1.807, 2.05) is 18.2 Å². The second kappa shape index (κ2) is 5.04. The number of hydrogen-bond donors (Lipinski definition) is 0. The van der Waals surface area contributed by atoms with Gasteiger partial charge in [-0.15, -0.1) is 22.7 Å². The first-order valence-electron chi connectivity index (χ1n) is 6.75. The third kappa shape index (κ3) is 2.25. The third-order valence-corrected chi connectivity index (χ3v) is 5.14. The van der Waals surface area contributed by atoms with Gasteiger partial charge in [0.15, 0.2) is 4.80 Å². The number of para-hydroxylation sites is 1. The minimum absolute atomic E-state index is 0.640. The summed E-state index contributed by atoms with van der Waals surface area (Å²) < 4.78 is 2.42.